The molecule has 0 amide bonds. The van der Waals surface area contributed by atoms with Gasteiger partial charge in [-0.3, -0.25) is 4.99 Å². The van der Waals surface area contributed by atoms with Crippen molar-refractivity contribution in [3.05, 3.63) is 0 Å². The van der Waals surface area contributed by atoms with E-state index >= 15 is 0 Å². The maximum Gasteiger partial charge on any atom is 0.212 e. The van der Waals surface area contributed by atoms with E-state index in [1.165, 1.54) is 12.8 Å². The molecule has 0 radical (unpaired) electrons. The van der Waals surface area contributed by atoms with Gasteiger partial charge in [0.1, 0.15) is 0 Å². The zero-order valence-corrected chi connectivity index (χ0v) is 21.5. The van der Waals surface area contributed by atoms with Crippen LogP contribution < -0.4 is 10.7 Å². The molecule has 0 bridgehead atoms. The Hall–Kier alpha value is -0.410. The Bertz CT molecular complexity index is 732. The minimum Gasteiger partial charge on any atom is -0.393 e. The second-order valence-corrected chi connectivity index (χ2v) is 11.3. The maximum absolute atomic E-state index is 12.2. The van der Waals surface area contributed by atoms with Crippen LogP contribution in [0, 0.1) is 34.5 Å². The van der Waals surface area contributed by atoms with Crippen LogP contribution in [0.2, 0.25) is 0 Å². The van der Waals surface area contributed by atoms with E-state index in [9.17, 15) is 10.2 Å². The number of hydrogen-bond acceptors (Lipinski definition) is 6. The number of aliphatic hydroxyl groups is 2. The van der Waals surface area contributed by atoms with Crippen molar-refractivity contribution in [2.75, 3.05) is 13.1 Å². The summed E-state index contributed by atoms with van der Waals surface area (Å²) in [5.74, 6) is 2.69. The molecule has 0 aromatic heterocycles. The standard InChI is InChI=1S/C24H40N4O2.HI/c1-22-9-7-18(29)14-16(22)4-5-20-19(22)8-10-23(2)17(6-11-24(20,23)30)15-27-28-21-25-12-3-13-26-21;/h15-20,29-30H,3-14H2,1-2H3,(H2,25,26,28);1H/t16-,17-,18+,19+,20-,22+,23-,24+;/m1./s1. The van der Waals surface area contributed by atoms with Crippen LogP contribution in [0.5, 0.6) is 0 Å². The van der Waals surface area contributed by atoms with Crippen LogP contribution in [0.15, 0.2) is 10.1 Å². The van der Waals surface area contributed by atoms with Crippen LogP contribution in [0.1, 0.15) is 78.1 Å². The molecule has 176 valence electrons. The molecule has 4 N–H and O–H groups in total. The van der Waals surface area contributed by atoms with Gasteiger partial charge in [0.05, 0.1) is 11.7 Å². The number of fused-ring (bicyclic) bond motifs is 5. The monoisotopic (exact) mass is 544 g/mol. The van der Waals surface area contributed by atoms with Crippen LogP contribution in [0.25, 0.3) is 0 Å². The molecule has 4 saturated carbocycles. The SMILES string of the molecule is C[C@]12CC[C@H](O)C[C@H]1CC[C@@H]1[C@@H]2CC[C@]2(C)[C@@H](C=NNC3=NCCCN3)CC[C@]12O.I. The molecule has 1 aliphatic heterocycles. The van der Waals surface area contributed by atoms with Gasteiger partial charge in [0.15, 0.2) is 0 Å². The van der Waals surface area contributed by atoms with Gasteiger partial charge in [0.2, 0.25) is 5.96 Å². The van der Waals surface area contributed by atoms with Crippen molar-refractivity contribution in [3.8, 4) is 0 Å². The molecule has 0 saturated heterocycles. The zero-order valence-electron chi connectivity index (χ0n) is 19.1. The van der Waals surface area contributed by atoms with E-state index in [0.29, 0.717) is 23.7 Å². The lowest BCUT2D eigenvalue weighted by Crippen LogP contribution is -2.62. The number of hydrogen-bond donors (Lipinski definition) is 4. The predicted molar refractivity (Wildman–Crippen MR) is 135 cm³/mol. The van der Waals surface area contributed by atoms with E-state index in [1.54, 1.807) is 0 Å². The van der Waals surface area contributed by atoms with E-state index in [2.05, 4.69) is 40.9 Å². The van der Waals surface area contributed by atoms with Gasteiger partial charge < -0.3 is 15.5 Å². The molecule has 0 unspecified atom stereocenters. The van der Waals surface area contributed by atoms with Crippen LogP contribution in [-0.4, -0.2) is 47.2 Å². The average Bonchev–Trinajstić information content (AvgIpc) is 3.01. The fraction of sp³-hybridized carbons (Fsp3) is 0.917. The summed E-state index contributed by atoms with van der Waals surface area (Å²) in [6, 6.07) is 0. The highest BCUT2D eigenvalue weighted by molar-refractivity contribution is 14.0. The summed E-state index contributed by atoms with van der Waals surface area (Å²) in [5, 5.41) is 30.2. The number of halogens is 1. The smallest absolute Gasteiger partial charge is 0.212 e. The number of nitrogens with zero attached hydrogens (tertiary/aromatic N) is 2. The van der Waals surface area contributed by atoms with Crippen LogP contribution in [0.4, 0.5) is 0 Å². The molecule has 7 heteroatoms. The summed E-state index contributed by atoms with van der Waals surface area (Å²) in [4.78, 5) is 4.42. The van der Waals surface area contributed by atoms with Crippen molar-refractivity contribution in [2.24, 2.45) is 44.6 Å². The molecule has 4 aliphatic carbocycles. The molecular formula is C24H41IN4O2. The quantitative estimate of drug-likeness (QED) is 0.243. The zero-order chi connectivity index (χ0) is 21.0. The number of aliphatic imine (C=N–C) groups is 1. The van der Waals surface area contributed by atoms with Gasteiger partial charge in [-0.25, -0.2) is 5.43 Å². The van der Waals surface area contributed by atoms with Gasteiger partial charge in [-0.15, -0.1) is 24.0 Å². The van der Waals surface area contributed by atoms with Gasteiger partial charge in [-0.05, 0) is 87.4 Å². The molecule has 0 aromatic carbocycles. The summed E-state index contributed by atoms with van der Waals surface area (Å²) in [6.07, 6.45) is 12.5. The Balaban J connectivity index is 0.00000231. The first kappa shape index (κ1) is 23.7. The highest BCUT2D eigenvalue weighted by atomic mass is 127. The van der Waals surface area contributed by atoms with Gasteiger partial charge >= 0.3 is 0 Å². The molecule has 8 atom stereocenters. The van der Waals surface area contributed by atoms with Crippen LogP contribution >= 0.6 is 24.0 Å². The summed E-state index contributed by atoms with van der Waals surface area (Å²) in [7, 11) is 0. The van der Waals surface area contributed by atoms with Gasteiger partial charge in [-0.1, -0.05) is 13.8 Å². The Morgan fingerprint density at radius 2 is 1.94 bits per heavy atom. The summed E-state index contributed by atoms with van der Waals surface area (Å²) >= 11 is 0. The number of hydrazone groups is 1. The minimum atomic E-state index is -0.586. The fourth-order valence-corrected chi connectivity index (χ4v) is 8.28. The van der Waals surface area contributed by atoms with E-state index in [1.807, 2.05) is 0 Å². The van der Waals surface area contributed by atoms with E-state index < -0.39 is 5.60 Å². The van der Waals surface area contributed by atoms with Crippen molar-refractivity contribution < 1.29 is 10.2 Å². The Morgan fingerprint density at radius 1 is 1.10 bits per heavy atom. The van der Waals surface area contributed by atoms with Crippen LogP contribution in [-0.2, 0) is 0 Å². The minimum absolute atomic E-state index is 0. The van der Waals surface area contributed by atoms with Gasteiger partial charge in [0.25, 0.3) is 0 Å². The molecule has 4 fully saturated rings. The summed E-state index contributed by atoms with van der Waals surface area (Å²) in [5.41, 5.74) is 2.69. The number of nitrogens with one attached hydrogen (secondary N) is 2. The molecule has 1 heterocycles. The summed E-state index contributed by atoms with van der Waals surface area (Å²) < 4.78 is 0. The van der Waals surface area contributed by atoms with Crippen LogP contribution in [0.3, 0.4) is 0 Å². The lowest BCUT2D eigenvalue weighted by Gasteiger charge is -2.63. The predicted octanol–water partition coefficient (Wildman–Crippen LogP) is 3.66. The normalized spacial score (nSPS) is 49.2. The van der Waals surface area contributed by atoms with Crippen molar-refractivity contribution >= 4 is 36.2 Å². The molecule has 31 heavy (non-hydrogen) atoms. The molecule has 5 aliphatic rings. The highest BCUT2D eigenvalue weighted by Gasteiger charge is 2.66. The fourth-order valence-electron chi connectivity index (χ4n) is 8.28. The second kappa shape index (κ2) is 8.75. The van der Waals surface area contributed by atoms with Crippen molar-refractivity contribution in [3.63, 3.8) is 0 Å². The molecule has 6 nitrogen and oxygen atoms in total. The Labute approximate surface area is 204 Å². The maximum atomic E-state index is 12.2. The first-order valence-electron chi connectivity index (χ1n) is 12.3. The van der Waals surface area contributed by atoms with E-state index in [4.69, 9.17) is 0 Å². The van der Waals surface area contributed by atoms with E-state index in [-0.39, 0.29) is 40.9 Å². The molecular weight excluding hydrogens is 503 g/mol. The van der Waals surface area contributed by atoms with Gasteiger partial charge in [0, 0.05) is 30.6 Å². The number of aliphatic hydroxyl groups excluding tert-OH is 1. The van der Waals surface area contributed by atoms with Crippen molar-refractivity contribution in [1.29, 1.82) is 0 Å². The third-order valence-electron chi connectivity index (χ3n) is 10.2. The highest BCUT2D eigenvalue weighted by Crippen LogP contribution is 2.68. The largest absolute Gasteiger partial charge is 0.393 e. The number of guanidine groups is 1. The molecule has 5 rings (SSSR count). The van der Waals surface area contributed by atoms with Gasteiger partial charge in [-0.2, -0.15) is 5.10 Å². The molecule has 0 aromatic rings. The molecule has 0 spiro atoms. The first-order chi connectivity index (χ1) is 14.4. The Morgan fingerprint density at radius 3 is 2.71 bits per heavy atom. The summed E-state index contributed by atoms with van der Waals surface area (Å²) in [6.45, 7) is 6.60. The first-order valence-corrected chi connectivity index (χ1v) is 12.3. The topological polar surface area (TPSA) is 89.2 Å². The van der Waals surface area contributed by atoms with E-state index in [0.717, 1.165) is 70.4 Å². The lowest BCUT2D eigenvalue weighted by atomic mass is 9.43. The second-order valence-electron chi connectivity index (χ2n) is 11.3. The third-order valence-corrected chi connectivity index (χ3v) is 10.2. The van der Waals surface area contributed by atoms with Crippen molar-refractivity contribution in [2.45, 2.75) is 89.8 Å². The number of rotatable bonds is 2. The lowest BCUT2D eigenvalue weighted by molar-refractivity contribution is -0.206. The average molecular weight is 545 g/mol. The third kappa shape index (κ3) is 3.74. The Kier molecular flexibility index (Phi) is 6.70. The van der Waals surface area contributed by atoms with Crippen molar-refractivity contribution in [1.82, 2.24) is 10.7 Å².